The molecule has 0 bridgehead atoms. The smallest absolute Gasteiger partial charge is 0.243 e. The molecule has 1 unspecified atom stereocenters. The van der Waals surface area contributed by atoms with Crippen LogP contribution in [0.15, 0.2) is 17.0 Å². The van der Waals surface area contributed by atoms with Crippen molar-refractivity contribution in [3.63, 3.8) is 0 Å². The maximum atomic E-state index is 13.8. The van der Waals surface area contributed by atoms with Gasteiger partial charge in [-0.2, -0.15) is 4.31 Å². The number of hydrogen-bond donors (Lipinski definition) is 1. The van der Waals surface area contributed by atoms with Gasteiger partial charge in [-0.15, -0.1) is 0 Å². The molecule has 20 heavy (non-hydrogen) atoms. The van der Waals surface area contributed by atoms with Crippen LogP contribution in [0.1, 0.15) is 31.7 Å². The van der Waals surface area contributed by atoms with E-state index in [9.17, 15) is 12.8 Å². The van der Waals surface area contributed by atoms with Gasteiger partial charge in [-0.3, -0.25) is 0 Å². The summed E-state index contributed by atoms with van der Waals surface area (Å²) in [6.07, 6.45) is 2.65. The number of benzene rings is 1. The zero-order chi connectivity index (χ0) is 14.9. The van der Waals surface area contributed by atoms with Crippen molar-refractivity contribution < 1.29 is 12.8 Å². The average Bonchev–Trinajstić information content (AvgIpc) is 2.41. The minimum Gasteiger partial charge on any atom is -0.326 e. The Morgan fingerprint density at radius 3 is 2.75 bits per heavy atom. The summed E-state index contributed by atoms with van der Waals surface area (Å²) in [7, 11) is -3.70. The predicted molar refractivity (Wildman–Crippen MR) is 76.5 cm³/mol. The molecule has 1 aliphatic rings. The molecule has 112 valence electrons. The lowest BCUT2D eigenvalue weighted by atomic mass is 10.1. The largest absolute Gasteiger partial charge is 0.326 e. The number of hydrogen-bond acceptors (Lipinski definition) is 3. The minimum absolute atomic E-state index is 0.00529. The Morgan fingerprint density at radius 1 is 1.45 bits per heavy atom. The van der Waals surface area contributed by atoms with Gasteiger partial charge in [-0.1, -0.05) is 18.0 Å². The molecule has 2 rings (SSSR count). The first kappa shape index (κ1) is 15.7. The fourth-order valence-electron chi connectivity index (χ4n) is 2.48. The quantitative estimate of drug-likeness (QED) is 0.930. The van der Waals surface area contributed by atoms with Crippen LogP contribution in [0, 0.1) is 5.82 Å². The van der Waals surface area contributed by atoms with Crippen molar-refractivity contribution >= 4 is 21.6 Å². The van der Waals surface area contributed by atoms with Crippen LogP contribution in [-0.2, 0) is 16.6 Å². The summed E-state index contributed by atoms with van der Waals surface area (Å²) in [5, 5.41) is -0.113. The van der Waals surface area contributed by atoms with Crippen LogP contribution in [0.3, 0.4) is 0 Å². The topological polar surface area (TPSA) is 63.4 Å². The van der Waals surface area contributed by atoms with Gasteiger partial charge in [0.1, 0.15) is 5.82 Å². The SMILES string of the molecule is CC1CCCCN1S(=O)(=O)c1cc(F)c(Cl)c(CN)c1. The Bertz CT molecular complexity index is 607. The third kappa shape index (κ3) is 2.83. The maximum Gasteiger partial charge on any atom is 0.243 e. The molecule has 1 aromatic rings. The average molecular weight is 321 g/mol. The van der Waals surface area contributed by atoms with Crippen molar-refractivity contribution in [2.24, 2.45) is 5.73 Å². The predicted octanol–water partition coefficient (Wildman–Crippen LogP) is 2.50. The molecule has 1 fully saturated rings. The van der Waals surface area contributed by atoms with Gasteiger partial charge in [0, 0.05) is 19.1 Å². The Labute approximate surface area is 123 Å². The Morgan fingerprint density at radius 2 is 2.15 bits per heavy atom. The van der Waals surface area contributed by atoms with Crippen LogP contribution >= 0.6 is 11.6 Å². The zero-order valence-electron chi connectivity index (χ0n) is 11.3. The van der Waals surface area contributed by atoms with Crippen LogP contribution in [0.2, 0.25) is 5.02 Å². The van der Waals surface area contributed by atoms with Gasteiger partial charge in [0.15, 0.2) is 0 Å². The van der Waals surface area contributed by atoms with Crippen molar-refractivity contribution in [1.82, 2.24) is 4.31 Å². The monoisotopic (exact) mass is 320 g/mol. The van der Waals surface area contributed by atoms with E-state index in [0.29, 0.717) is 12.1 Å². The summed E-state index contributed by atoms with van der Waals surface area (Å²) in [6.45, 7) is 2.33. The first-order valence-corrected chi connectivity index (χ1v) is 8.39. The summed E-state index contributed by atoms with van der Waals surface area (Å²) in [5.41, 5.74) is 5.78. The van der Waals surface area contributed by atoms with E-state index in [1.54, 1.807) is 0 Å². The molecule has 1 aromatic carbocycles. The van der Waals surface area contributed by atoms with Crippen molar-refractivity contribution in [2.75, 3.05) is 6.54 Å². The molecule has 1 saturated heterocycles. The van der Waals surface area contributed by atoms with E-state index in [2.05, 4.69) is 0 Å². The Balaban J connectivity index is 2.46. The molecular formula is C13H18ClFN2O2S. The van der Waals surface area contributed by atoms with Crippen LogP contribution < -0.4 is 5.73 Å². The molecule has 4 nitrogen and oxygen atoms in total. The van der Waals surface area contributed by atoms with E-state index < -0.39 is 15.8 Å². The van der Waals surface area contributed by atoms with Gasteiger partial charge in [0.2, 0.25) is 10.0 Å². The zero-order valence-corrected chi connectivity index (χ0v) is 12.8. The Hall–Kier alpha value is -0.690. The summed E-state index contributed by atoms with van der Waals surface area (Å²) in [5.74, 6) is -0.752. The Kier molecular flexibility index (Phi) is 4.69. The molecule has 1 atom stereocenters. The van der Waals surface area contributed by atoms with Gasteiger partial charge in [-0.05, 0) is 37.5 Å². The number of nitrogens with two attached hydrogens (primary N) is 1. The molecule has 0 saturated carbocycles. The van der Waals surface area contributed by atoms with E-state index in [-0.39, 0.29) is 22.5 Å². The van der Waals surface area contributed by atoms with Crippen molar-refractivity contribution in [1.29, 1.82) is 0 Å². The molecular weight excluding hydrogens is 303 g/mol. The molecule has 0 aromatic heterocycles. The number of piperidine rings is 1. The van der Waals surface area contributed by atoms with Crippen LogP contribution in [0.4, 0.5) is 4.39 Å². The van der Waals surface area contributed by atoms with Crippen molar-refractivity contribution in [3.05, 3.63) is 28.5 Å². The molecule has 0 radical (unpaired) electrons. The minimum atomic E-state index is -3.70. The second kappa shape index (κ2) is 5.97. The van der Waals surface area contributed by atoms with Gasteiger partial charge >= 0.3 is 0 Å². The van der Waals surface area contributed by atoms with Crippen LogP contribution in [-0.4, -0.2) is 25.3 Å². The van der Waals surface area contributed by atoms with Crippen molar-refractivity contribution in [2.45, 2.75) is 43.7 Å². The molecule has 0 aliphatic carbocycles. The van der Waals surface area contributed by atoms with Gasteiger partial charge in [0.05, 0.1) is 9.92 Å². The van der Waals surface area contributed by atoms with Crippen LogP contribution in [0.5, 0.6) is 0 Å². The number of nitrogens with zero attached hydrogens (tertiary/aromatic N) is 1. The number of rotatable bonds is 3. The first-order valence-electron chi connectivity index (χ1n) is 6.57. The third-order valence-electron chi connectivity index (χ3n) is 3.65. The third-order valence-corrected chi connectivity index (χ3v) is 6.06. The summed E-state index contributed by atoms with van der Waals surface area (Å²) < 4.78 is 40.4. The lowest BCUT2D eigenvalue weighted by Gasteiger charge is -2.32. The van der Waals surface area contributed by atoms with Gasteiger partial charge in [0.25, 0.3) is 0 Å². The van der Waals surface area contributed by atoms with E-state index in [0.717, 1.165) is 25.3 Å². The summed E-state index contributed by atoms with van der Waals surface area (Å²) >= 11 is 5.77. The second-order valence-corrected chi connectivity index (χ2v) is 7.31. The lowest BCUT2D eigenvalue weighted by molar-refractivity contribution is 0.268. The highest BCUT2D eigenvalue weighted by Gasteiger charge is 2.31. The molecule has 0 amide bonds. The van der Waals surface area contributed by atoms with E-state index in [4.69, 9.17) is 17.3 Å². The van der Waals surface area contributed by atoms with E-state index >= 15 is 0 Å². The lowest BCUT2D eigenvalue weighted by Crippen LogP contribution is -2.42. The summed E-state index contributed by atoms with van der Waals surface area (Å²) in [6, 6.07) is 2.26. The standard InChI is InChI=1S/C13H18ClFN2O2S/c1-9-4-2-3-5-17(9)20(18,19)11-6-10(8-16)13(14)12(15)7-11/h6-7,9H,2-5,8,16H2,1H3. The van der Waals surface area contributed by atoms with Gasteiger partial charge in [-0.25, -0.2) is 12.8 Å². The normalized spacial score (nSPS) is 21.1. The fourth-order valence-corrected chi connectivity index (χ4v) is 4.43. The maximum absolute atomic E-state index is 13.8. The fraction of sp³-hybridized carbons (Fsp3) is 0.538. The molecule has 1 heterocycles. The molecule has 2 N–H and O–H groups in total. The van der Waals surface area contributed by atoms with Crippen LogP contribution in [0.25, 0.3) is 0 Å². The van der Waals surface area contributed by atoms with E-state index in [1.165, 1.54) is 10.4 Å². The first-order chi connectivity index (χ1) is 9.37. The highest BCUT2D eigenvalue weighted by molar-refractivity contribution is 7.89. The number of halogens is 2. The second-order valence-electron chi connectivity index (χ2n) is 5.04. The molecule has 0 spiro atoms. The highest BCUT2D eigenvalue weighted by Crippen LogP contribution is 2.29. The summed E-state index contributed by atoms with van der Waals surface area (Å²) in [4.78, 5) is -0.0754. The molecule has 7 heteroatoms. The van der Waals surface area contributed by atoms with Crippen molar-refractivity contribution in [3.8, 4) is 0 Å². The van der Waals surface area contributed by atoms with Gasteiger partial charge < -0.3 is 5.73 Å². The number of sulfonamides is 1. The van der Waals surface area contributed by atoms with E-state index in [1.807, 2.05) is 6.92 Å². The highest BCUT2D eigenvalue weighted by atomic mass is 35.5. The molecule has 1 aliphatic heterocycles.